The molecule has 4 aromatic rings. The van der Waals surface area contributed by atoms with E-state index in [1.807, 2.05) is 0 Å². The Hall–Kier alpha value is -3.42. The number of fused-ring (bicyclic) bond motifs is 2. The average Bonchev–Trinajstić information content (AvgIpc) is 3.10. The SMILES string of the molecule is COc1ccc2[nH]c(O)c(-c3[nH]c4cc(F)c(F)cc4c3N=O)c2c1. The number of methoxy groups -OCH3 is 1. The minimum atomic E-state index is -1.09. The Balaban J connectivity index is 2.09. The monoisotopic (exact) mass is 343 g/mol. The van der Waals surface area contributed by atoms with Crippen LogP contribution in [0.3, 0.4) is 0 Å². The molecule has 126 valence electrons. The lowest BCUT2D eigenvalue weighted by molar-refractivity contribution is 0.415. The van der Waals surface area contributed by atoms with E-state index in [1.54, 1.807) is 18.2 Å². The standard InChI is InChI=1S/C17H11F2N3O3/c1-25-7-2-3-12-8(4-7)14(17(23)21-12)16-15(22-24)9-5-10(18)11(19)6-13(9)20-16/h2-6,20-21,23H,1H3. The predicted octanol–water partition coefficient (Wildman–Crippen LogP) is 4.71. The van der Waals surface area contributed by atoms with Crippen molar-refractivity contribution in [3.8, 4) is 22.9 Å². The van der Waals surface area contributed by atoms with E-state index in [9.17, 15) is 18.8 Å². The first kappa shape index (κ1) is 15.1. The Bertz CT molecular complexity index is 1150. The first-order valence-electron chi connectivity index (χ1n) is 7.26. The van der Waals surface area contributed by atoms with Gasteiger partial charge in [0, 0.05) is 22.4 Å². The number of halogens is 2. The van der Waals surface area contributed by atoms with Crippen LogP contribution >= 0.6 is 0 Å². The molecule has 0 saturated carbocycles. The van der Waals surface area contributed by atoms with Gasteiger partial charge in [-0.2, -0.15) is 0 Å². The second-order valence-electron chi connectivity index (χ2n) is 5.51. The highest BCUT2D eigenvalue weighted by molar-refractivity contribution is 6.07. The van der Waals surface area contributed by atoms with Crippen LogP contribution in [-0.2, 0) is 0 Å². The molecule has 8 heteroatoms. The van der Waals surface area contributed by atoms with Crippen molar-refractivity contribution in [1.29, 1.82) is 0 Å². The Labute approximate surface area is 139 Å². The second-order valence-corrected chi connectivity index (χ2v) is 5.51. The van der Waals surface area contributed by atoms with E-state index in [1.165, 1.54) is 7.11 Å². The molecule has 2 aromatic heterocycles. The molecule has 0 bridgehead atoms. The van der Waals surface area contributed by atoms with Crippen LogP contribution in [0.4, 0.5) is 14.5 Å². The van der Waals surface area contributed by atoms with Crippen molar-refractivity contribution < 1.29 is 18.6 Å². The van der Waals surface area contributed by atoms with Crippen LogP contribution in [0.1, 0.15) is 0 Å². The zero-order valence-corrected chi connectivity index (χ0v) is 12.9. The number of rotatable bonds is 3. The molecular weight excluding hydrogens is 332 g/mol. The van der Waals surface area contributed by atoms with E-state index in [0.29, 0.717) is 16.7 Å². The molecule has 2 heterocycles. The number of aromatic amines is 2. The van der Waals surface area contributed by atoms with Gasteiger partial charge >= 0.3 is 0 Å². The average molecular weight is 343 g/mol. The van der Waals surface area contributed by atoms with Gasteiger partial charge in [-0.05, 0) is 29.4 Å². The largest absolute Gasteiger partial charge is 0.497 e. The summed E-state index contributed by atoms with van der Waals surface area (Å²) in [6.07, 6.45) is 0. The first-order chi connectivity index (χ1) is 12.0. The Morgan fingerprint density at radius 2 is 1.80 bits per heavy atom. The van der Waals surface area contributed by atoms with Gasteiger partial charge in [0.15, 0.2) is 17.5 Å². The summed E-state index contributed by atoms with van der Waals surface area (Å²) in [4.78, 5) is 17.0. The number of nitrogens with one attached hydrogen (secondary N) is 2. The summed E-state index contributed by atoms with van der Waals surface area (Å²) < 4.78 is 32.2. The normalized spacial score (nSPS) is 11.3. The highest BCUT2D eigenvalue weighted by Gasteiger charge is 2.22. The maximum atomic E-state index is 13.5. The van der Waals surface area contributed by atoms with Crippen LogP contribution in [0.2, 0.25) is 0 Å². The number of hydrogen-bond donors (Lipinski definition) is 3. The van der Waals surface area contributed by atoms with Gasteiger partial charge in [0.1, 0.15) is 11.4 Å². The molecule has 0 atom stereocenters. The van der Waals surface area contributed by atoms with E-state index in [4.69, 9.17) is 4.74 Å². The summed E-state index contributed by atoms with van der Waals surface area (Å²) in [6, 6.07) is 6.91. The van der Waals surface area contributed by atoms with Crippen LogP contribution < -0.4 is 4.74 Å². The summed E-state index contributed by atoms with van der Waals surface area (Å²) >= 11 is 0. The number of nitrogens with zero attached hydrogens (tertiary/aromatic N) is 1. The van der Waals surface area contributed by atoms with Crippen LogP contribution in [0.5, 0.6) is 11.6 Å². The Morgan fingerprint density at radius 1 is 1.04 bits per heavy atom. The molecule has 0 spiro atoms. The molecule has 0 aliphatic rings. The number of H-pyrrole nitrogens is 2. The Kier molecular flexibility index (Phi) is 3.21. The summed E-state index contributed by atoms with van der Waals surface area (Å²) in [5, 5.41) is 13.9. The van der Waals surface area contributed by atoms with Crippen molar-refractivity contribution >= 4 is 27.5 Å². The third-order valence-electron chi connectivity index (χ3n) is 4.14. The van der Waals surface area contributed by atoms with Crippen LogP contribution in [0.15, 0.2) is 35.5 Å². The molecule has 0 saturated heterocycles. The highest BCUT2D eigenvalue weighted by atomic mass is 19.2. The van der Waals surface area contributed by atoms with E-state index < -0.39 is 11.6 Å². The van der Waals surface area contributed by atoms with Crippen molar-refractivity contribution in [2.45, 2.75) is 0 Å². The minimum absolute atomic E-state index is 0.118. The zero-order valence-electron chi connectivity index (χ0n) is 12.9. The predicted molar refractivity (Wildman–Crippen MR) is 89.2 cm³/mol. The zero-order chi connectivity index (χ0) is 17.7. The van der Waals surface area contributed by atoms with Gasteiger partial charge in [-0.25, -0.2) is 8.78 Å². The maximum Gasteiger partial charge on any atom is 0.199 e. The van der Waals surface area contributed by atoms with Gasteiger partial charge in [-0.15, -0.1) is 4.91 Å². The number of aromatic nitrogens is 2. The summed E-state index contributed by atoms with van der Waals surface area (Å²) in [5.41, 5.74) is 1.10. The van der Waals surface area contributed by atoms with Gasteiger partial charge in [0.2, 0.25) is 0 Å². The fraction of sp³-hybridized carbons (Fsp3) is 0.0588. The van der Waals surface area contributed by atoms with Crippen molar-refractivity contribution in [3.63, 3.8) is 0 Å². The van der Waals surface area contributed by atoms with Gasteiger partial charge in [-0.1, -0.05) is 0 Å². The van der Waals surface area contributed by atoms with E-state index in [2.05, 4.69) is 15.1 Å². The number of hydrogen-bond acceptors (Lipinski definition) is 4. The molecular formula is C17H11F2N3O3. The number of aromatic hydroxyl groups is 1. The van der Waals surface area contributed by atoms with Crippen molar-refractivity contribution in [3.05, 3.63) is 46.9 Å². The Morgan fingerprint density at radius 3 is 2.52 bits per heavy atom. The lowest BCUT2D eigenvalue weighted by atomic mass is 10.1. The molecule has 4 rings (SSSR count). The quantitative estimate of drug-likeness (QED) is 0.471. The first-order valence-corrected chi connectivity index (χ1v) is 7.26. The summed E-state index contributed by atoms with van der Waals surface area (Å²) in [5.74, 6) is -1.81. The fourth-order valence-corrected chi connectivity index (χ4v) is 2.99. The molecule has 0 unspecified atom stereocenters. The van der Waals surface area contributed by atoms with Gasteiger partial charge in [0.05, 0.1) is 23.9 Å². The molecule has 0 aliphatic heterocycles. The van der Waals surface area contributed by atoms with Gasteiger partial charge in [-0.3, -0.25) is 0 Å². The van der Waals surface area contributed by atoms with E-state index in [-0.39, 0.29) is 33.7 Å². The molecule has 3 N–H and O–H groups in total. The lowest BCUT2D eigenvalue weighted by Crippen LogP contribution is -1.82. The molecule has 25 heavy (non-hydrogen) atoms. The molecule has 0 aliphatic carbocycles. The third kappa shape index (κ3) is 2.14. The fourth-order valence-electron chi connectivity index (χ4n) is 2.99. The van der Waals surface area contributed by atoms with Crippen molar-refractivity contribution in [2.75, 3.05) is 7.11 Å². The number of nitroso groups, excluding NO2 is 1. The molecule has 0 fully saturated rings. The summed E-state index contributed by atoms with van der Waals surface area (Å²) in [7, 11) is 1.50. The number of ether oxygens (including phenoxy) is 1. The van der Waals surface area contributed by atoms with Crippen molar-refractivity contribution in [2.24, 2.45) is 5.18 Å². The van der Waals surface area contributed by atoms with Crippen LogP contribution in [0, 0.1) is 16.5 Å². The third-order valence-corrected chi connectivity index (χ3v) is 4.14. The molecule has 2 aromatic carbocycles. The maximum absolute atomic E-state index is 13.5. The molecule has 6 nitrogen and oxygen atoms in total. The molecule has 0 radical (unpaired) electrons. The topological polar surface area (TPSA) is 90.5 Å². The van der Waals surface area contributed by atoms with Crippen LogP contribution in [0.25, 0.3) is 33.1 Å². The van der Waals surface area contributed by atoms with Gasteiger partial charge < -0.3 is 19.8 Å². The van der Waals surface area contributed by atoms with E-state index >= 15 is 0 Å². The van der Waals surface area contributed by atoms with Gasteiger partial charge in [0.25, 0.3) is 0 Å². The molecule has 0 amide bonds. The smallest absolute Gasteiger partial charge is 0.199 e. The second kappa shape index (κ2) is 5.30. The minimum Gasteiger partial charge on any atom is -0.497 e. The highest BCUT2D eigenvalue weighted by Crippen LogP contribution is 2.45. The lowest BCUT2D eigenvalue weighted by Gasteiger charge is -2.01. The van der Waals surface area contributed by atoms with Crippen LogP contribution in [-0.4, -0.2) is 22.2 Å². The van der Waals surface area contributed by atoms with E-state index in [0.717, 1.165) is 12.1 Å². The number of benzene rings is 2. The van der Waals surface area contributed by atoms with Crippen molar-refractivity contribution in [1.82, 2.24) is 9.97 Å². The summed E-state index contributed by atoms with van der Waals surface area (Å²) in [6.45, 7) is 0.